The summed E-state index contributed by atoms with van der Waals surface area (Å²) in [6.07, 6.45) is -0.532. The van der Waals surface area contributed by atoms with E-state index in [0.717, 1.165) is 6.20 Å². The number of carbonyl (C=O) groups excluding carboxylic acids is 2. The van der Waals surface area contributed by atoms with E-state index in [1.807, 2.05) is 0 Å². The second-order valence-electron chi connectivity index (χ2n) is 4.85. The van der Waals surface area contributed by atoms with Gasteiger partial charge in [-0.05, 0) is 22.6 Å². The lowest BCUT2D eigenvalue weighted by Gasteiger charge is -2.07. The van der Waals surface area contributed by atoms with Gasteiger partial charge >= 0.3 is 18.0 Å². The molecular weight excluding hydrogens is 334 g/mol. The Hall–Kier alpha value is -3.63. The molecule has 132 valence electrons. The minimum atomic E-state index is -0.875. The van der Waals surface area contributed by atoms with Gasteiger partial charge in [0.25, 0.3) is 0 Å². The molecule has 11 nitrogen and oxygen atoms in total. The van der Waals surface area contributed by atoms with Crippen molar-refractivity contribution < 1.29 is 24.0 Å². The Morgan fingerprint density at radius 2 is 1.96 bits per heavy atom. The largest absolute Gasteiger partial charge is 0.445 e. The Morgan fingerprint density at radius 3 is 2.52 bits per heavy atom. The Morgan fingerprint density at radius 1 is 1.28 bits per heavy atom. The van der Waals surface area contributed by atoms with Crippen LogP contribution in [-0.4, -0.2) is 26.7 Å². The molecule has 0 saturated carbocycles. The summed E-state index contributed by atoms with van der Waals surface area (Å²) in [7, 11) is 1.45. The van der Waals surface area contributed by atoms with Gasteiger partial charge in [0.05, 0.1) is 7.05 Å². The zero-order valence-electron chi connectivity index (χ0n) is 13.2. The summed E-state index contributed by atoms with van der Waals surface area (Å²) in [5, 5.41) is 13.2. The van der Waals surface area contributed by atoms with Crippen LogP contribution in [0.25, 0.3) is 0 Å². The molecule has 11 heteroatoms. The molecule has 0 atom stereocenters. The number of hydrogen-bond donors (Lipinski definition) is 2. The normalized spacial score (nSPS) is 10.1. The standard InChI is InChI=1S/C14H15N5O6/c1-18-11(16-6-12(18)19(22)23)8-25-14(21)17-10-4-2-9(3-5-10)7-24-13(15)20/h2-6H,7-8H2,1H3,(H2,15,20)(H,17,21). The number of primary amides is 1. The minimum Gasteiger partial charge on any atom is -0.445 e. The lowest BCUT2D eigenvalue weighted by molar-refractivity contribution is -0.391. The van der Waals surface area contributed by atoms with E-state index in [9.17, 15) is 19.7 Å². The molecule has 0 fully saturated rings. The van der Waals surface area contributed by atoms with Gasteiger partial charge in [-0.3, -0.25) is 5.32 Å². The number of nitro groups is 1. The molecule has 3 N–H and O–H groups in total. The first kappa shape index (κ1) is 17.7. The van der Waals surface area contributed by atoms with Crippen LogP contribution in [0.3, 0.4) is 0 Å². The van der Waals surface area contributed by atoms with Gasteiger partial charge in [-0.1, -0.05) is 12.1 Å². The van der Waals surface area contributed by atoms with Crippen LogP contribution in [0.4, 0.5) is 21.1 Å². The molecule has 2 aromatic rings. The number of imidazole rings is 1. The molecule has 0 aliphatic rings. The van der Waals surface area contributed by atoms with Gasteiger partial charge in [-0.25, -0.2) is 19.1 Å². The summed E-state index contributed by atoms with van der Waals surface area (Å²) in [6, 6.07) is 6.46. The number of rotatable bonds is 6. The Bertz CT molecular complexity index is 786. The maximum Gasteiger partial charge on any atom is 0.412 e. The van der Waals surface area contributed by atoms with Crippen LogP contribution in [0.15, 0.2) is 30.5 Å². The average Bonchev–Trinajstić information content (AvgIpc) is 2.93. The smallest absolute Gasteiger partial charge is 0.412 e. The maximum absolute atomic E-state index is 11.7. The molecule has 25 heavy (non-hydrogen) atoms. The molecule has 0 spiro atoms. The molecule has 0 aliphatic heterocycles. The monoisotopic (exact) mass is 349 g/mol. The number of aromatic nitrogens is 2. The highest BCUT2D eigenvalue weighted by Gasteiger charge is 2.17. The SMILES string of the molecule is Cn1c([N+](=O)[O-])cnc1COC(=O)Nc1ccc(COC(N)=O)cc1. The average molecular weight is 349 g/mol. The van der Waals surface area contributed by atoms with Crippen molar-refractivity contribution in [2.75, 3.05) is 5.32 Å². The number of ether oxygens (including phenoxy) is 2. The molecule has 0 radical (unpaired) electrons. The highest BCUT2D eigenvalue weighted by Crippen LogP contribution is 2.14. The minimum absolute atomic E-state index is 0.0258. The van der Waals surface area contributed by atoms with E-state index >= 15 is 0 Å². The number of anilines is 1. The van der Waals surface area contributed by atoms with E-state index in [1.54, 1.807) is 24.3 Å². The maximum atomic E-state index is 11.7. The van der Waals surface area contributed by atoms with Crippen LogP contribution in [0.1, 0.15) is 11.4 Å². The van der Waals surface area contributed by atoms with E-state index in [4.69, 9.17) is 10.5 Å². The Balaban J connectivity index is 1.86. The van der Waals surface area contributed by atoms with Crippen LogP contribution in [0.5, 0.6) is 0 Å². The summed E-state index contributed by atoms with van der Waals surface area (Å²) < 4.78 is 10.8. The number of benzene rings is 1. The van der Waals surface area contributed by atoms with Gasteiger partial charge < -0.3 is 25.3 Å². The van der Waals surface area contributed by atoms with Crippen molar-refractivity contribution >= 4 is 23.7 Å². The van der Waals surface area contributed by atoms with Crippen molar-refractivity contribution in [1.29, 1.82) is 0 Å². The van der Waals surface area contributed by atoms with Crippen molar-refractivity contribution in [2.45, 2.75) is 13.2 Å². The zero-order chi connectivity index (χ0) is 18.4. The van der Waals surface area contributed by atoms with Gasteiger partial charge in [0, 0.05) is 5.69 Å². The van der Waals surface area contributed by atoms with Crippen molar-refractivity contribution in [2.24, 2.45) is 12.8 Å². The predicted octanol–water partition coefficient (Wildman–Crippen LogP) is 1.67. The molecular formula is C14H15N5O6. The fourth-order valence-corrected chi connectivity index (χ4v) is 1.86. The molecule has 2 rings (SSSR count). The molecule has 0 unspecified atom stereocenters. The highest BCUT2D eigenvalue weighted by atomic mass is 16.6. The lowest BCUT2D eigenvalue weighted by atomic mass is 10.2. The van der Waals surface area contributed by atoms with Crippen molar-refractivity contribution in [1.82, 2.24) is 9.55 Å². The predicted molar refractivity (Wildman–Crippen MR) is 84.5 cm³/mol. The van der Waals surface area contributed by atoms with Crippen molar-refractivity contribution in [3.05, 3.63) is 52.0 Å². The van der Waals surface area contributed by atoms with Gasteiger partial charge in [0.2, 0.25) is 5.82 Å². The van der Waals surface area contributed by atoms with Gasteiger partial charge in [0.1, 0.15) is 12.8 Å². The molecule has 0 bridgehead atoms. The number of amides is 2. The summed E-state index contributed by atoms with van der Waals surface area (Å²) in [6.45, 7) is -0.196. The van der Waals surface area contributed by atoms with Crippen LogP contribution >= 0.6 is 0 Å². The van der Waals surface area contributed by atoms with E-state index in [-0.39, 0.29) is 24.9 Å². The van der Waals surface area contributed by atoms with Gasteiger partial charge in [0.15, 0.2) is 6.61 Å². The first-order chi connectivity index (χ1) is 11.9. The second-order valence-corrected chi connectivity index (χ2v) is 4.85. The van der Waals surface area contributed by atoms with Gasteiger partial charge in [-0.15, -0.1) is 0 Å². The van der Waals surface area contributed by atoms with E-state index in [1.165, 1.54) is 11.6 Å². The molecule has 1 aromatic carbocycles. The molecule has 1 aromatic heterocycles. The number of hydrogen-bond acceptors (Lipinski definition) is 7. The summed E-state index contributed by atoms with van der Waals surface area (Å²) in [5.74, 6) is 0.0357. The quantitative estimate of drug-likeness (QED) is 0.594. The Kier molecular flexibility index (Phi) is 5.50. The summed E-state index contributed by atoms with van der Waals surface area (Å²) in [5.41, 5.74) is 6.02. The van der Waals surface area contributed by atoms with Gasteiger partial charge in [-0.2, -0.15) is 0 Å². The van der Waals surface area contributed by atoms with E-state index in [2.05, 4.69) is 15.0 Å². The third kappa shape index (κ3) is 4.92. The van der Waals surface area contributed by atoms with E-state index in [0.29, 0.717) is 11.3 Å². The molecule has 0 aliphatic carbocycles. The summed E-state index contributed by atoms with van der Waals surface area (Å²) >= 11 is 0. The summed E-state index contributed by atoms with van der Waals surface area (Å²) in [4.78, 5) is 36.2. The Labute approximate surface area is 141 Å². The van der Waals surface area contributed by atoms with Crippen LogP contribution in [0.2, 0.25) is 0 Å². The fraction of sp³-hybridized carbons (Fsp3) is 0.214. The molecule has 0 saturated heterocycles. The number of nitrogens with two attached hydrogens (primary N) is 1. The topological polar surface area (TPSA) is 152 Å². The van der Waals surface area contributed by atoms with E-state index < -0.39 is 17.1 Å². The molecule has 2 amide bonds. The molecule has 1 heterocycles. The number of nitrogens with zero attached hydrogens (tertiary/aromatic N) is 3. The van der Waals surface area contributed by atoms with Crippen LogP contribution < -0.4 is 11.1 Å². The lowest BCUT2D eigenvalue weighted by Crippen LogP contribution is -2.15. The number of carbonyl (C=O) groups is 2. The number of nitrogens with one attached hydrogen (secondary N) is 1. The first-order valence-electron chi connectivity index (χ1n) is 6.96. The van der Waals surface area contributed by atoms with Crippen LogP contribution in [0, 0.1) is 10.1 Å². The first-order valence-corrected chi connectivity index (χ1v) is 6.96. The second kappa shape index (κ2) is 7.77. The fourth-order valence-electron chi connectivity index (χ4n) is 1.86. The third-order valence-electron chi connectivity index (χ3n) is 3.16. The van der Waals surface area contributed by atoms with Crippen molar-refractivity contribution in [3.63, 3.8) is 0 Å². The zero-order valence-corrected chi connectivity index (χ0v) is 13.2. The van der Waals surface area contributed by atoms with Crippen LogP contribution in [-0.2, 0) is 29.7 Å². The highest BCUT2D eigenvalue weighted by molar-refractivity contribution is 5.84. The van der Waals surface area contributed by atoms with Crippen molar-refractivity contribution in [3.8, 4) is 0 Å². The third-order valence-corrected chi connectivity index (χ3v) is 3.16.